The summed E-state index contributed by atoms with van der Waals surface area (Å²) in [5, 5.41) is 0. The predicted molar refractivity (Wildman–Crippen MR) is 80.5 cm³/mol. The van der Waals surface area contributed by atoms with Gasteiger partial charge in [0.2, 0.25) is 0 Å². The van der Waals surface area contributed by atoms with Crippen molar-refractivity contribution in [3.63, 3.8) is 0 Å². The minimum absolute atomic E-state index is 0.445. The maximum atomic E-state index is 5.70. The second kappa shape index (κ2) is 6.79. The van der Waals surface area contributed by atoms with Gasteiger partial charge in [-0.05, 0) is 49.0 Å². The van der Waals surface area contributed by atoms with Crippen molar-refractivity contribution in [2.24, 2.45) is 5.41 Å². The smallest absolute Gasteiger partial charge is 0.0314 e. The van der Waals surface area contributed by atoms with Gasteiger partial charge < -0.3 is 5.73 Å². The molecule has 0 unspecified atom stereocenters. The van der Waals surface area contributed by atoms with Gasteiger partial charge in [-0.3, -0.25) is 4.90 Å². The Labute approximate surface area is 112 Å². The average Bonchev–Trinajstić information content (AvgIpc) is 2.29. The molecular weight excluding hydrogens is 220 g/mol. The van der Waals surface area contributed by atoms with Crippen molar-refractivity contribution in [3.8, 4) is 0 Å². The van der Waals surface area contributed by atoms with E-state index < -0.39 is 0 Å². The third kappa shape index (κ3) is 6.06. The maximum absolute atomic E-state index is 5.70. The fourth-order valence-electron chi connectivity index (χ4n) is 2.06. The van der Waals surface area contributed by atoms with Gasteiger partial charge in [0.25, 0.3) is 0 Å². The molecule has 0 radical (unpaired) electrons. The number of nitrogen functional groups attached to an aromatic ring is 1. The maximum Gasteiger partial charge on any atom is 0.0314 e. The number of hydrogen-bond donors (Lipinski definition) is 1. The molecule has 0 atom stereocenters. The number of nitrogens with two attached hydrogens (primary N) is 1. The molecule has 102 valence electrons. The summed E-state index contributed by atoms with van der Waals surface area (Å²) in [6, 6.07) is 8.22. The van der Waals surface area contributed by atoms with Crippen molar-refractivity contribution < 1.29 is 0 Å². The minimum atomic E-state index is 0.445. The molecule has 0 saturated heterocycles. The average molecular weight is 248 g/mol. The summed E-state index contributed by atoms with van der Waals surface area (Å²) in [4.78, 5) is 2.50. The molecule has 0 aliphatic heterocycles. The Bertz CT molecular complexity index is 335. The van der Waals surface area contributed by atoms with Crippen molar-refractivity contribution in [2.45, 2.75) is 47.1 Å². The molecule has 2 N–H and O–H groups in total. The highest BCUT2D eigenvalue weighted by molar-refractivity contribution is 5.39. The summed E-state index contributed by atoms with van der Waals surface area (Å²) in [7, 11) is 0. The number of rotatable bonds is 6. The lowest BCUT2D eigenvalue weighted by molar-refractivity contribution is 0.251. The van der Waals surface area contributed by atoms with E-state index >= 15 is 0 Å². The van der Waals surface area contributed by atoms with Crippen LogP contribution in [0, 0.1) is 5.41 Å². The Hall–Kier alpha value is -1.02. The molecule has 2 nitrogen and oxygen atoms in total. The highest BCUT2D eigenvalue weighted by Gasteiger charge is 2.11. The summed E-state index contributed by atoms with van der Waals surface area (Å²) in [6.07, 6.45) is 2.55. The highest BCUT2D eigenvalue weighted by Crippen LogP contribution is 2.21. The van der Waals surface area contributed by atoms with Crippen molar-refractivity contribution in [2.75, 3.05) is 18.8 Å². The van der Waals surface area contributed by atoms with Crippen LogP contribution in [0.2, 0.25) is 0 Å². The molecule has 0 heterocycles. The third-order valence-corrected chi connectivity index (χ3v) is 3.23. The second-order valence-electron chi connectivity index (χ2n) is 6.27. The zero-order valence-corrected chi connectivity index (χ0v) is 12.4. The molecule has 0 fully saturated rings. The quantitative estimate of drug-likeness (QED) is 0.773. The molecule has 0 saturated carbocycles. The third-order valence-electron chi connectivity index (χ3n) is 3.23. The Morgan fingerprint density at radius 3 is 2.22 bits per heavy atom. The van der Waals surface area contributed by atoms with Crippen LogP contribution in [0.25, 0.3) is 0 Å². The molecule has 0 amide bonds. The van der Waals surface area contributed by atoms with Crippen LogP contribution >= 0.6 is 0 Å². The zero-order valence-electron chi connectivity index (χ0n) is 12.4. The van der Waals surface area contributed by atoms with Gasteiger partial charge in [-0.25, -0.2) is 0 Å². The molecule has 2 heteroatoms. The molecule has 0 aliphatic carbocycles. The molecule has 1 aromatic carbocycles. The lowest BCUT2D eigenvalue weighted by Gasteiger charge is -2.23. The fraction of sp³-hybridized carbons (Fsp3) is 0.625. The van der Waals surface area contributed by atoms with E-state index in [4.69, 9.17) is 5.73 Å². The van der Waals surface area contributed by atoms with Crippen LogP contribution in [0.15, 0.2) is 24.3 Å². The second-order valence-corrected chi connectivity index (χ2v) is 6.27. The standard InChI is InChI=1S/C16H28N2/c1-5-18(12-6-11-16(2,3)4)13-14-7-9-15(17)10-8-14/h7-10H,5-6,11-13,17H2,1-4H3. The molecule has 0 spiro atoms. The fourth-order valence-corrected chi connectivity index (χ4v) is 2.06. The molecule has 0 bridgehead atoms. The van der Waals surface area contributed by atoms with Gasteiger partial charge in [-0.1, -0.05) is 39.8 Å². The number of nitrogens with zero attached hydrogens (tertiary/aromatic N) is 1. The molecule has 18 heavy (non-hydrogen) atoms. The Kier molecular flexibility index (Phi) is 5.67. The van der Waals surface area contributed by atoms with Crippen molar-refractivity contribution in [1.29, 1.82) is 0 Å². The molecule has 0 aromatic heterocycles. The van der Waals surface area contributed by atoms with E-state index in [9.17, 15) is 0 Å². The molecule has 1 aromatic rings. The largest absolute Gasteiger partial charge is 0.399 e. The summed E-state index contributed by atoms with van der Waals surface area (Å²) in [5.74, 6) is 0. The first kappa shape index (κ1) is 15.0. The van der Waals surface area contributed by atoms with E-state index in [0.717, 1.165) is 18.8 Å². The predicted octanol–water partition coefficient (Wildman–Crippen LogP) is 3.92. The monoisotopic (exact) mass is 248 g/mol. The van der Waals surface area contributed by atoms with Gasteiger partial charge in [-0.15, -0.1) is 0 Å². The zero-order chi connectivity index (χ0) is 13.6. The number of anilines is 1. The van der Waals surface area contributed by atoms with Crippen molar-refractivity contribution >= 4 is 5.69 Å². The van der Waals surface area contributed by atoms with E-state index in [1.165, 1.54) is 24.9 Å². The first-order chi connectivity index (χ1) is 8.40. The Morgan fingerprint density at radius 1 is 1.11 bits per heavy atom. The summed E-state index contributed by atoms with van der Waals surface area (Å²) < 4.78 is 0. The molecular formula is C16H28N2. The summed E-state index contributed by atoms with van der Waals surface area (Å²) >= 11 is 0. The van der Waals surface area contributed by atoms with E-state index in [0.29, 0.717) is 5.41 Å². The van der Waals surface area contributed by atoms with Gasteiger partial charge in [-0.2, -0.15) is 0 Å². The van der Waals surface area contributed by atoms with Crippen LogP contribution in [0.3, 0.4) is 0 Å². The Morgan fingerprint density at radius 2 is 1.72 bits per heavy atom. The van der Waals surface area contributed by atoms with Crippen LogP contribution in [-0.2, 0) is 6.54 Å². The van der Waals surface area contributed by atoms with Crippen LogP contribution < -0.4 is 5.73 Å². The van der Waals surface area contributed by atoms with Crippen molar-refractivity contribution in [3.05, 3.63) is 29.8 Å². The van der Waals surface area contributed by atoms with Gasteiger partial charge >= 0.3 is 0 Å². The van der Waals surface area contributed by atoms with Gasteiger partial charge in [0.05, 0.1) is 0 Å². The normalized spacial score (nSPS) is 12.1. The van der Waals surface area contributed by atoms with Crippen molar-refractivity contribution in [1.82, 2.24) is 4.90 Å². The van der Waals surface area contributed by atoms with Gasteiger partial charge in [0, 0.05) is 12.2 Å². The van der Waals surface area contributed by atoms with E-state index in [2.05, 4.69) is 44.7 Å². The summed E-state index contributed by atoms with van der Waals surface area (Å²) in [5.41, 5.74) is 8.34. The lowest BCUT2D eigenvalue weighted by atomic mass is 9.90. The van der Waals surface area contributed by atoms with Gasteiger partial charge in [0.15, 0.2) is 0 Å². The first-order valence-corrected chi connectivity index (χ1v) is 6.97. The van der Waals surface area contributed by atoms with E-state index in [1.54, 1.807) is 0 Å². The van der Waals surface area contributed by atoms with Crippen LogP contribution in [0.4, 0.5) is 5.69 Å². The number of benzene rings is 1. The lowest BCUT2D eigenvalue weighted by Crippen LogP contribution is -2.25. The number of hydrogen-bond acceptors (Lipinski definition) is 2. The van der Waals surface area contributed by atoms with Gasteiger partial charge in [0.1, 0.15) is 0 Å². The van der Waals surface area contributed by atoms with Crippen LogP contribution in [0.5, 0.6) is 0 Å². The van der Waals surface area contributed by atoms with Crippen LogP contribution in [0.1, 0.15) is 46.1 Å². The first-order valence-electron chi connectivity index (χ1n) is 6.97. The minimum Gasteiger partial charge on any atom is -0.399 e. The molecule has 1 rings (SSSR count). The summed E-state index contributed by atoms with van der Waals surface area (Å²) in [6.45, 7) is 12.5. The molecule has 0 aliphatic rings. The van der Waals surface area contributed by atoms with E-state index in [-0.39, 0.29) is 0 Å². The highest BCUT2D eigenvalue weighted by atomic mass is 15.1. The van der Waals surface area contributed by atoms with Crippen LogP contribution in [-0.4, -0.2) is 18.0 Å². The SMILES string of the molecule is CCN(CCCC(C)(C)C)Cc1ccc(N)cc1. The van der Waals surface area contributed by atoms with E-state index in [1.807, 2.05) is 12.1 Å². The Balaban J connectivity index is 2.40. The topological polar surface area (TPSA) is 29.3 Å².